The van der Waals surface area contributed by atoms with Crippen LogP contribution in [0.2, 0.25) is 0 Å². The number of imide groups is 1. The molecule has 1 atom stereocenters. The SMILES string of the molecule is COC[C@@H]1CCCN1Cc1ccc(N/C=C2\C(=O)NC(=O)c3ccc(-c4ccsc4)cc32)cc1. The molecular weight excluding hydrogens is 446 g/mol. The van der Waals surface area contributed by atoms with Crippen LogP contribution in [0.1, 0.15) is 34.3 Å². The van der Waals surface area contributed by atoms with E-state index in [1.807, 2.05) is 35.7 Å². The highest BCUT2D eigenvalue weighted by Crippen LogP contribution is 2.31. The van der Waals surface area contributed by atoms with Gasteiger partial charge in [-0.15, -0.1) is 0 Å². The number of hydrogen-bond acceptors (Lipinski definition) is 6. The third kappa shape index (κ3) is 4.68. The second-order valence-electron chi connectivity index (χ2n) is 8.68. The van der Waals surface area contributed by atoms with Crippen molar-refractivity contribution in [3.8, 4) is 11.1 Å². The van der Waals surface area contributed by atoms with Gasteiger partial charge in [0.05, 0.1) is 12.2 Å². The van der Waals surface area contributed by atoms with Crippen molar-refractivity contribution in [3.05, 3.63) is 82.2 Å². The van der Waals surface area contributed by atoms with Crippen LogP contribution in [-0.4, -0.2) is 43.0 Å². The van der Waals surface area contributed by atoms with E-state index in [1.165, 1.54) is 18.4 Å². The van der Waals surface area contributed by atoms with Crippen molar-refractivity contribution in [3.63, 3.8) is 0 Å². The van der Waals surface area contributed by atoms with Crippen LogP contribution in [0.15, 0.2) is 65.5 Å². The van der Waals surface area contributed by atoms with Crippen LogP contribution in [0.25, 0.3) is 16.7 Å². The minimum Gasteiger partial charge on any atom is -0.383 e. The third-order valence-electron chi connectivity index (χ3n) is 6.46. The van der Waals surface area contributed by atoms with Crippen molar-refractivity contribution < 1.29 is 14.3 Å². The van der Waals surface area contributed by atoms with Crippen LogP contribution in [0.3, 0.4) is 0 Å². The molecule has 1 saturated heterocycles. The first-order valence-corrected chi connectivity index (χ1v) is 12.4. The van der Waals surface area contributed by atoms with Crippen LogP contribution in [-0.2, 0) is 16.1 Å². The highest BCUT2D eigenvalue weighted by molar-refractivity contribution is 7.08. The maximum atomic E-state index is 12.7. The minimum atomic E-state index is -0.401. The fraction of sp³-hybridized carbons (Fsp3) is 0.259. The molecule has 34 heavy (non-hydrogen) atoms. The quantitative estimate of drug-likeness (QED) is 0.383. The van der Waals surface area contributed by atoms with Gasteiger partial charge in [0.2, 0.25) is 0 Å². The highest BCUT2D eigenvalue weighted by Gasteiger charge is 2.28. The van der Waals surface area contributed by atoms with Gasteiger partial charge in [-0.2, -0.15) is 11.3 Å². The number of fused-ring (bicyclic) bond motifs is 1. The van der Waals surface area contributed by atoms with E-state index in [0.29, 0.717) is 22.7 Å². The normalized spacial score (nSPS) is 19.3. The summed E-state index contributed by atoms with van der Waals surface area (Å²) in [6.45, 7) is 2.77. The number of methoxy groups -OCH3 is 1. The maximum Gasteiger partial charge on any atom is 0.260 e. The van der Waals surface area contributed by atoms with E-state index in [2.05, 4.69) is 33.0 Å². The number of hydrogen-bond donors (Lipinski definition) is 2. The van der Waals surface area contributed by atoms with E-state index >= 15 is 0 Å². The van der Waals surface area contributed by atoms with Gasteiger partial charge < -0.3 is 10.1 Å². The molecule has 0 unspecified atom stereocenters. The predicted molar refractivity (Wildman–Crippen MR) is 136 cm³/mol. The molecule has 6 nitrogen and oxygen atoms in total. The number of nitrogens with one attached hydrogen (secondary N) is 2. The average molecular weight is 474 g/mol. The number of thiophene rings is 1. The van der Waals surface area contributed by atoms with E-state index in [9.17, 15) is 9.59 Å². The summed E-state index contributed by atoms with van der Waals surface area (Å²) in [5.74, 6) is -0.769. The second kappa shape index (κ2) is 9.93. The Bertz CT molecular complexity index is 1220. The highest BCUT2D eigenvalue weighted by atomic mass is 32.1. The molecular formula is C27H27N3O3S. The van der Waals surface area contributed by atoms with Gasteiger partial charge >= 0.3 is 0 Å². The van der Waals surface area contributed by atoms with Gasteiger partial charge in [-0.1, -0.05) is 18.2 Å². The number of anilines is 1. The van der Waals surface area contributed by atoms with E-state index in [0.717, 1.165) is 36.5 Å². The molecule has 3 heterocycles. The molecule has 5 rings (SSSR count). The first kappa shape index (κ1) is 22.5. The van der Waals surface area contributed by atoms with E-state index in [4.69, 9.17) is 4.74 Å². The van der Waals surface area contributed by atoms with Crippen molar-refractivity contribution >= 4 is 34.4 Å². The summed E-state index contributed by atoms with van der Waals surface area (Å²) >= 11 is 1.61. The molecule has 1 fully saturated rings. The molecule has 0 aliphatic carbocycles. The topological polar surface area (TPSA) is 70.7 Å². The zero-order valence-corrected chi connectivity index (χ0v) is 19.9. The Hall–Kier alpha value is -3.26. The van der Waals surface area contributed by atoms with E-state index < -0.39 is 5.91 Å². The van der Waals surface area contributed by atoms with Gasteiger partial charge in [0, 0.05) is 42.7 Å². The summed E-state index contributed by atoms with van der Waals surface area (Å²) in [6.07, 6.45) is 4.07. The molecule has 2 amide bonds. The first-order chi connectivity index (χ1) is 16.6. The van der Waals surface area contributed by atoms with Crippen LogP contribution >= 0.6 is 11.3 Å². The Morgan fingerprint density at radius 2 is 1.94 bits per heavy atom. The summed E-state index contributed by atoms with van der Waals surface area (Å²) in [7, 11) is 1.76. The van der Waals surface area contributed by atoms with Crippen LogP contribution in [0.5, 0.6) is 0 Å². The summed E-state index contributed by atoms with van der Waals surface area (Å²) in [5, 5.41) is 9.74. The van der Waals surface area contributed by atoms with Gasteiger partial charge in [-0.05, 0) is 77.2 Å². The number of ether oxygens (including phenoxy) is 1. The predicted octanol–water partition coefficient (Wildman–Crippen LogP) is 4.75. The van der Waals surface area contributed by atoms with Crippen molar-refractivity contribution in [2.75, 3.05) is 25.6 Å². The molecule has 0 spiro atoms. The molecule has 0 radical (unpaired) electrons. The van der Waals surface area contributed by atoms with Gasteiger partial charge in [0.15, 0.2) is 0 Å². The molecule has 174 valence electrons. The largest absolute Gasteiger partial charge is 0.383 e. The summed E-state index contributed by atoms with van der Waals surface area (Å²) in [4.78, 5) is 27.5. The lowest BCUT2D eigenvalue weighted by Gasteiger charge is -2.23. The molecule has 0 bridgehead atoms. The zero-order valence-electron chi connectivity index (χ0n) is 19.0. The van der Waals surface area contributed by atoms with Crippen LogP contribution in [0, 0.1) is 0 Å². The number of carbonyl (C=O) groups excluding carboxylic acids is 2. The Morgan fingerprint density at radius 3 is 2.71 bits per heavy atom. The molecule has 3 aromatic rings. The number of amides is 2. The van der Waals surface area contributed by atoms with Crippen LogP contribution in [0.4, 0.5) is 5.69 Å². The first-order valence-electron chi connectivity index (χ1n) is 11.4. The Labute approximate surface area is 203 Å². The van der Waals surface area contributed by atoms with Crippen molar-refractivity contribution in [1.82, 2.24) is 10.2 Å². The zero-order chi connectivity index (χ0) is 23.5. The van der Waals surface area contributed by atoms with Gasteiger partial charge in [0.25, 0.3) is 11.8 Å². The lowest BCUT2D eigenvalue weighted by Crippen LogP contribution is -2.36. The number of nitrogens with zero attached hydrogens (tertiary/aromatic N) is 1. The van der Waals surface area contributed by atoms with Crippen molar-refractivity contribution in [2.45, 2.75) is 25.4 Å². The number of likely N-dealkylation sites (tertiary alicyclic amines) is 1. The second-order valence-corrected chi connectivity index (χ2v) is 9.46. The molecule has 2 aromatic carbocycles. The Kier molecular flexibility index (Phi) is 6.58. The Balaban J connectivity index is 1.34. The summed E-state index contributed by atoms with van der Waals surface area (Å²) in [6, 6.07) is 16.4. The lowest BCUT2D eigenvalue weighted by atomic mass is 9.92. The molecule has 7 heteroatoms. The molecule has 1 aromatic heterocycles. The molecule has 0 saturated carbocycles. The summed E-state index contributed by atoms with van der Waals surface area (Å²) < 4.78 is 5.36. The average Bonchev–Trinajstić information content (AvgIpc) is 3.53. The number of rotatable bonds is 7. The van der Waals surface area contributed by atoms with Crippen LogP contribution < -0.4 is 10.6 Å². The van der Waals surface area contributed by atoms with Crippen molar-refractivity contribution in [1.29, 1.82) is 0 Å². The lowest BCUT2D eigenvalue weighted by molar-refractivity contribution is -0.114. The molecule has 2 aliphatic heterocycles. The summed E-state index contributed by atoms with van der Waals surface area (Å²) in [5.41, 5.74) is 5.75. The number of benzene rings is 2. The fourth-order valence-corrected chi connectivity index (χ4v) is 5.32. The standard InChI is InChI=1S/C27H27N3O3S/c1-33-16-22-3-2-11-30(22)15-18-4-7-21(8-5-18)28-14-25-24-13-19(20-10-12-34-17-20)6-9-23(24)26(31)29-27(25)32/h4-10,12-14,17,22,28H,2-3,11,15-16H2,1H3,(H,29,31,32)/b25-14-/t22-/m0/s1. The van der Waals surface area contributed by atoms with Gasteiger partial charge in [0.1, 0.15) is 0 Å². The number of carbonyl (C=O) groups is 2. The van der Waals surface area contributed by atoms with Gasteiger partial charge in [-0.3, -0.25) is 19.8 Å². The molecule has 2 aliphatic rings. The minimum absolute atomic E-state index is 0.368. The maximum absolute atomic E-state index is 12.7. The smallest absolute Gasteiger partial charge is 0.260 e. The Morgan fingerprint density at radius 1 is 1.09 bits per heavy atom. The molecule has 2 N–H and O–H groups in total. The fourth-order valence-electron chi connectivity index (χ4n) is 4.66. The van der Waals surface area contributed by atoms with Crippen molar-refractivity contribution in [2.24, 2.45) is 0 Å². The van der Waals surface area contributed by atoms with Gasteiger partial charge in [-0.25, -0.2) is 0 Å². The monoisotopic (exact) mass is 473 g/mol. The third-order valence-corrected chi connectivity index (χ3v) is 7.14. The van der Waals surface area contributed by atoms with E-state index in [1.54, 1.807) is 30.7 Å². The van der Waals surface area contributed by atoms with E-state index in [-0.39, 0.29) is 5.91 Å².